The average Bonchev–Trinajstić information content (AvgIpc) is 3.11. The Bertz CT molecular complexity index is 923. The summed E-state index contributed by atoms with van der Waals surface area (Å²) in [5.41, 5.74) is 6.31. The molecule has 2 aromatic rings. The Balaban J connectivity index is 0.000000497. The number of nitrogens with one attached hydrogen (secondary N) is 1. The third kappa shape index (κ3) is 10.9. The second-order valence-corrected chi connectivity index (χ2v) is 6.24. The fourth-order valence-electron chi connectivity index (χ4n) is 2.63. The molecule has 2 heterocycles. The topological polar surface area (TPSA) is 176 Å². The van der Waals surface area contributed by atoms with Crippen molar-refractivity contribution >= 4 is 16.7 Å². The van der Waals surface area contributed by atoms with Crippen molar-refractivity contribution < 1.29 is 94.5 Å². The molecule has 3 atom stereocenters. The molecule has 0 spiro atoms. The van der Waals surface area contributed by atoms with Gasteiger partial charge in [0.05, 0.1) is 6.10 Å². The molecule has 0 amide bonds. The van der Waals surface area contributed by atoms with Crippen molar-refractivity contribution in [3.8, 4) is 6.07 Å². The molecule has 6 N–H and O–H groups in total. The van der Waals surface area contributed by atoms with E-state index in [2.05, 4.69) is 11.1 Å². The molecule has 0 aliphatic carbocycles. The van der Waals surface area contributed by atoms with Gasteiger partial charge in [-0.3, -0.25) is 0 Å². The molecule has 3 unspecified atom stereocenters. The van der Waals surface area contributed by atoms with Gasteiger partial charge in [0.15, 0.2) is 0 Å². The fourth-order valence-corrected chi connectivity index (χ4v) is 2.63. The van der Waals surface area contributed by atoms with Crippen LogP contribution in [0.3, 0.4) is 0 Å². The number of benzene rings is 1. The van der Waals surface area contributed by atoms with Crippen molar-refractivity contribution in [2.24, 2.45) is 5.73 Å². The normalized spacial score (nSPS) is 18.2. The molecule has 0 radical (unpaired) electrons. The predicted octanol–water partition coefficient (Wildman–Crippen LogP) is -2.28. The number of nitrogens with two attached hydrogens (primary N) is 1. The molecule has 0 saturated carbocycles. The van der Waals surface area contributed by atoms with E-state index in [1.54, 1.807) is 0 Å². The minimum atomic E-state index is -5.25. The summed E-state index contributed by atoms with van der Waals surface area (Å²) in [5, 5.41) is 45.7. The van der Waals surface area contributed by atoms with E-state index in [0.717, 1.165) is 10.8 Å². The Morgan fingerprint density at radius 2 is 2.00 bits per heavy atom. The monoisotopic (exact) mass is 483 g/mol. The number of halogens is 3. The summed E-state index contributed by atoms with van der Waals surface area (Å²) in [5.74, 6) is -1.37. The maximum Gasteiger partial charge on any atom is 1.00 e. The molecule has 1 aromatic carbocycles. The Morgan fingerprint density at radius 3 is 2.53 bits per heavy atom. The van der Waals surface area contributed by atoms with Crippen molar-refractivity contribution in [2.45, 2.75) is 37.5 Å². The second-order valence-electron chi connectivity index (χ2n) is 6.24. The van der Waals surface area contributed by atoms with E-state index in [4.69, 9.17) is 31.1 Å². The van der Waals surface area contributed by atoms with E-state index >= 15 is 0 Å². The number of nitriles is 1. The molecule has 9 nitrogen and oxygen atoms in total. The minimum Gasteiger partial charge on any atom is -0.771 e. The van der Waals surface area contributed by atoms with Gasteiger partial charge in [0.2, 0.25) is 5.76 Å². The van der Waals surface area contributed by atoms with Crippen LogP contribution in [-0.2, 0) is 9.53 Å². The first-order valence-corrected chi connectivity index (χ1v) is 8.85. The number of aliphatic hydroxyl groups is 2. The van der Waals surface area contributed by atoms with Gasteiger partial charge in [-0.05, 0) is 12.5 Å². The summed E-state index contributed by atoms with van der Waals surface area (Å²) in [6, 6.07) is 9.44. The molecule has 1 aliphatic rings. The minimum absolute atomic E-state index is 0. The molecule has 13 heteroatoms. The second kappa shape index (κ2) is 14.6. The predicted molar refractivity (Wildman–Crippen MR) is 100.0 cm³/mol. The molecule has 32 heavy (non-hydrogen) atoms. The van der Waals surface area contributed by atoms with Crippen LogP contribution in [0.15, 0.2) is 42.3 Å². The molecule has 0 saturated heterocycles. The Morgan fingerprint density at radius 1 is 1.41 bits per heavy atom. The number of nitrogens with zero attached hydrogens (tertiary/aromatic N) is 1. The maximum atomic E-state index is 10.6. The van der Waals surface area contributed by atoms with E-state index in [-0.39, 0.29) is 70.2 Å². The van der Waals surface area contributed by atoms with Crippen LogP contribution in [0.1, 0.15) is 18.5 Å². The van der Waals surface area contributed by atoms with Crippen molar-refractivity contribution in [1.29, 1.82) is 5.26 Å². The van der Waals surface area contributed by atoms with Crippen molar-refractivity contribution in [2.75, 3.05) is 6.61 Å². The first-order chi connectivity index (χ1) is 14.5. The molecule has 0 fully saturated rings. The zero-order valence-corrected chi connectivity index (χ0v) is 20.2. The van der Waals surface area contributed by atoms with Crippen molar-refractivity contribution in [3.63, 3.8) is 0 Å². The molecular weight excluding hydrogens is 462 g/mol. The first kappa shape index (κ1) is 30.5. The van der Waals surface area contributed by atoms with Crippen LogP contribution in [0.4, 0.5) is 13.2 Å². The van der Waals surface area contributed by atoms with Gasteiger partial charge in [-0.15, -0.1) is 0 Å². The summed E-state index contributed by atoms with van der Waals surface area (Å²) in [4.78, 5) is 13.5. The van der Waals surface area contributed by atoms with Gasteiger partial charge in [0.25, 0.3) is 0 Å². The number of hydrogen-bond donors (Lipinski definition) is 5. The zero-order chi connectivity index (χ0) is 23.6. The van der Waals surface area contributed by atoms with Gasteiger partial charge in [0, 0.05) is 36.0 Å². The van der Waals surface area contributed by atoms with Gasteiger partial charge in [-0.25, -0.2) is 4.79 Å². The number of rotatable bonds is 4. The number of aromatic nitrogens is 1. The Kier molecular flexibility index (Phi) is 14.0. The molecule has 1 aliphatic heterocycles. The number of H-pyrrole nitrogens is 1. The molecule has 0 bridgehead atoms. The van der Waals surface area contributed by atoms with E-state index in [0.29, 0.717) is 12.1 Å². The fraction of sp³-hybridized carbons (Fsp3) is 0.368. The van der Waals surface area contributed by atoms with E-state index in [1.807, 2.05) is 30.5 Å². The van der Waals surface area contributed by atoms with E-state index < -0.39 is 30.6 Å². The number of fused-ring (bicyclic) bond motifs is 1. The van der Waals surface area contributed by atoms with Crippen LogP contribution in [0.5, 0.6) is 0 Å². The smallest absolute Gasteiger partial charge is 0.771 e. The summed E-state index contributed by atoms with van der Waals surface area (Å²) < 4.78 is 34.4. The van der Waals surface area contributed by atoms with Crippen LogP contribution in [-0.4, -0.2) is 57.5 Å². The van der Waals surface area contributed by atoms with Crippen molar-refractivity contribution in [1.82, 2.24) is 4.98 Å². The van der Waals surface area contributed by atoms with E-state index in [1.165, 1.54) is 6.08 Å². The van der Waals surface area contributed by atoms with Gasteiger partial charge in [0.1, 0.15) is 17.9 Å². The Labute approximate surface area is 223 Å². The Hall–Kier alpha value is -1.47. The number of alkyl halides is 3. The van der Waals surface area contributed by atoms with Crippen molar-refractivity contribution in [3.05, 3.63) is 48.0 Å². The van der Waals surface area contributed by atoms with Gasteiger partial charge in [-0.1, -0.05) is 24.3 Å². The largest absolute Gasteiger partial charge is 1.00 e. The van der Waals surface area contributed by atoms with Crippen LogP contribution in [0, 0.1) is 11.3 Å². The number of carbonyl (C=O) groups is 1. The zero-order valence-electron chi connectivity index (χ0n) is 17.0. The van der Waals surface area contributed by atoms with Gasteiger partial charge >= 0.3 is 63.7 Å². The van der Waals surface area contributed by atoms with E-state index in [9.17, 15) is 23.1 Å². The third-order valence-electron chi connectivity index (χ3n) is 3.99. The van der Waals surface area contributed by atoms with Gasteiger partial charge in [-0.2, -0.15) is 18.4 Å². The average molecular weight is 483 g/mol. The number of carboxylic acids is 1. The van der Waals surface area contributed by atoms with Crippen LogP contribution in [0.2, 0.25) is 0 Å². The summed E-state index contributed by atoms with van der Waals surface area (Å²) >= 11 is 0. The number of aromatic amines is 1. The van der Waals surface area contributed by atoms with Crippen LogP contribution < -0.4 is 62.2 Å². The molecular formula is C19H21F3KN3O6. The number of carboxylic acid groups (broad SMARTS) is 1. The SMILES string of the molecule is N#Cc1[nH]cc2ccccc12.NC1CC=C(C(=O)O)OC1C(O)CCO.[K+].[O-]C(F)(F)F. The summed E-state index contributed by atoms with van der Waals surface area (Å²) in [7, 11) is 0. The van der Waals surface area contributed by atoms with Crippen LogP contribution in [0.25, 0.3) is 10.8 Å². The number of ether oxygens (including phenoxy) is 1. The first-order valence-electron chi connectivity index (χ1n) is 8.85. The molecule has 3 rings (SSSR count). The number of hydrogen-bond acceptors (Lipinski definition) is 7. The quantitative estimate of drug-likeness (QED) is 0.302. The van der Waals surface area contributed by atoms with Crippen LogP contribution >= 0.6 is 0 Å². The maximum absolute atomic E-state index is 10.6. The number of aliphatic carboxylic acids is 1. The standard InChI is InChI=1S/C9H6N2.C9H15NO5.CF3O.K/c10-5-9-8-4-2-1-3-7(8)6-11-9;10-5-1-2-7(9(13)14)15-8(5)6(12)3-4-11;2-1(3,4)5;/h1-4,6,11H;2,5-6,8,11-12H,1,3-4,10H2,(H,13,14);;/q;;-1;+1. The third-order valence-corrected chi connectivity index (χ3v) is 3.99. The number of aliphatic hydroxyl groups excluding tert-OH is 2. The molecule has 1 aromatic heterocycles. The van der Waals surface area contributed by atoms with Gasteiger partial charge < -0.3 is 35.9 Å². The summed E-state index contributed by atoms with van der Waals surface area (Å²) in [6.07, 6.45) is -3.29. The summed E-state index contributed by atoms with van der Waals surface area (Å²) in [6.45, 7) is -0.195. The molecule has 170 valence electrons.